The molecule has 0 aliphatic carbocycles. The Balaban J connectivity index is 0.00000288. The first kappa shape index (κ1) is 23.2. The zero-order chi connectivity index (χ0) is 16.9. The van der Waals surface area contributed by atoms with Gasteiger partial charge in [0.05, 0.1) is 5.69 Å². The number of nitrogens with two attached hydrogens (primary N) is 1. The number of carbonyl (C=O) groups is 1. The van der Waals surface area contributed by atoms with Crippen molar-refractivity contribution >= 4 is 30.8 Å². The maximum Gasteiger partial charge on any atom is 0.422 e. The van der Waals surface area contributed by atoms with Gasteiger partial charge in [0, 0.05) is 11.8 Å². The molecule has 1 aromatic heterocycles. The zero-order valence-electron chi connectivity index (χ0n) is 12.9. The van der Waals surface area contributed by atoms with E-state index < -0.39 is 24.8 Å². The van der Waals surface area contributed by atoms with Gasteiger partial charge >= 0.3 is 12.1 Å². The Morgan fingerprint density at radius 1 is 1.16 bits per heavy atom. The molecule has 9 heteroatoms. The van der Waals surface area contributed by atoms with Crippen molar-refractivity contribution < 1.29 is 22.7 Å². The Hall–Kier alpha value is -1.83. The number of benzene rings is 1. The van der Waals surface area contributed by atoms with Crippen LogP contribution in [0.1, 0.15) is 5.56 Å². The molecule has 2 N–H and O–H groups in total. The Morgan fingerprint density at radius 2 is 1.80 bits per heavy atom. The average molecular weight is 397 g/mol. The lowest BCUT2D eigenvalue weighted by Gasteiger charge is -2.13. The lowest BCUT2D eigenvalue weighted by Crippen LogP contribution is -2.36. The van der Waals surface area contributed by atoms with Gasteiger partial charge in [-0.3, -0.25) is 9.78 Å². The van der Waals surface area contributed by atoms with Gasteiger partial charge in [0.1, 0.15) is 6.04 Å². The number of rotatable bonds is 5. The fourth-order valence-electron chi connectivity index (χ4n) is 1.97. The summed E-state index contributed by atoms with van der Waals surface area (Å²) in [5, 5.41) is 0. The standard InChI is InChI=1S/C16H15F3N2O2.2ClH/c17-16(18,19)10-23-15(22)13(20)8-11-6-7-21-14(9-11)12-4-2-1-3-5-12;;/h1-7,9,13H,8,10,20H2;2*1H/t13-;;/m0../s1. The van der Waals surface area contributed by atoms with E-state index in [1.165, 1.54) is 0 Å². The summed E-state index contributed by atoms with van der Waals surface area (Å²) in [6.07, 6.45) is -2.93. The van der Waals surface area contributed by atoms with Crippen molar-refractivity contribution in [3.05, 3.63) is 54.2 Å². The second-order valence-electron chi connectivity index (χ2n) is 4.95. The second-order valence-corrected chi connectivity index (χ2v) is 4.95. The minimum atomic E-state index is -4.56. The summed E-state index contributed by atoms with van der Waals surface area (Å²) in [5.74, 6) is -1.08. The van der Waals surface area contributed by atoms with Gasteiger partial charge in [-0.2, -0.15) is 13.2 Å². The number of ether oxygens (including phenoxy) is 1. The Morgan fingerprint density at radius 3 is 2.40 bits per heavy atom. The summed E-state index contributed by atoms with van der Waals surface area (Å²) in [6, 6.07) is 11.6. The van der Waals surface area contributed by atoms with E-state index >= 15 is 0 Å². The molecule has 25 heavy (non-hydrogen) atoms. The molecule has 0 amide bonds. The van der Waals surface area contributed by atoms with Crippen LogP contribution in [0.5, 0.6) is 0 Å². The van der Waals surface area contributed by atoms with E-state index in [1.807, 2.05) is 30.3 Å². The quantitative estimate of drug-likeness (QED) is 0.784. The number of nitrogens with zero attached hydrogens (tertiary/aromatic N) is 1. The van der Waals surface area contributed by atoms with Gasteiger partial charge in [-0.15, -0.1) is 24.8 Å². The number of esters is 1. The van der Waals surface area contributed by atoms with Gasteiger partial charge in [0.15, 0.2) is 6.61 Å². The van der Waals surface area contributed by atoms with Crippen LogP contribution in [0, 0.1) is 0 Å². The Bertz CT molecular complexity index is 670. The highest BCUT2D eigenvalue weighted by atomic mass is 35.5. The van der Waals surface area contributed by atoms with Crippen LogP contribution in [0.2, 0.25) is 0 Å². The van der Waals surface area contributed by atoms with Crippen molar-refractivity contribution in [3.8, 4) is 11.3 Å². The molecule has 2 rings (SSSR count). The van der Waals surface area contributed by atoms with Crippen LogP contribution in [0.25, 0.3) is 11.3 Å². The average Bonchev–Trinajstić information content (AvgIpc) is 2.53. The van der Waals surface area contributed by atoms with Gasteiger partial charge in [-0.1, -0.05) is 30.3 Å². The normalized spacial score (nSPS) is 11.7. The minimum Gasteiger partial charge on any atom is -0.455 e. The molecule has 2 aromatic rings. The molecule has 0 aliphatic heterocycles. The Labute approximate surface area is 155 Å². The second kappa shape index (κ2) is 10.2. The third-order valence-electron chi connectivity index (χ3n) is 3.03. The highest BCUT2D eigenvalue weighted by Gasteiger charge is 2.30. The third-order valence-corrected chi connectivity index (χ3v) is 3.03. The van der Waals surface area contributed by atoms with E-state index in [4.69, 9.17) is 5.73 Å². The molecule has 0 unspecified atom stereocenters. The predicted molar refractivity (Wildman–Crippen MR) is 92.9 cm³/mol. The number of hydrogen-bond donors (Lipinski definition) is 1. The molecule has 0 fully saturated rings. The molecular weight excluding hydrogens is 380 g/mol. The van der Waals surface area contributed by atoms with Crippen molar-refractivity contribution in [3.63, 3.8) is 0 Å². The zero-order valence-corrected chi connectivity index (χ0v) is 14.5. The lowest BCUT2D eigenvalue weighted by atomic mass is 10.0. The SMILES string of the molecule is Cl.Cl.N[C@@H](Cc1ccnc(-c2ccccc2)c1)C(=O)OCC(F)(F)F. The predicted octanol–water partition coefficient (Wildman–Crippen LogP) is 3.57. The summed E-state index contributed by atoms with van der Waals surface area (Å²) < 4.78 is 40.2. The van der Waals surface area contributed by atoms with Gasteiger partial charge in [-0.25, -0.2) is 0 Å². The molecular formula is C16H17Cl2F3N2O2. The maximum atomic E-state index is 12.0. The van der Waals surface area contributed by atoms with Crippen molar-refractivity contribution in [1.29, 1.82) is 0 Å². The fraction of sp³-hybridized carbons (Fsp3) is 0.250. The maximum absolute atomic E-state index is 12.0. The van der Waals surface area contributed by atoms with Crippen LogP contribution in [-0.4, -0.2) is 29.8 Å². The van der Waals surface area contributed by atoms with E-state index in [0.717, 1.165) is 5.56 Å². The fourth-order valence-corrected chi connectivity index (χ4v) is 1.97. The lowest BCUT2D eigenvalue weighted by molar-refractivity contribution is -0.187. The summed E-state index contributed by atoms with van der Waals surface area (Å²) in [7, 11) is 0. The number of aromatic nitrogens is 1. The molecule has 1 aromatic carbocycles. The molecule has 1 heterocycles. The van der Waals surface area contributed by atoms with Gasteiger partial charge in [0.2, 0.25) is 0 Å². The first-order valence-corrected chi connectivity index (χ1v) is 6.84. The van der Waals surface area contributed by atoms with Crippen LogP contribution in [0.15, 0.2) is 48.7 Å². The summed E-state index contributed by atoms with van der Waals surface area (Å²) in [5.41, 5.74) is 7.88. The first-order chi connectivity index (χ1) is 10.8. The highest BCUT2D eigenvalue weighted by molar-refractivity contribution is 5.85. The van der Waals surface area contributed by atoms with Crippen molar-refractivity contribution in [2.75, 3.05) is 6.61 Å². The van der Waals surface area contributed by atoms with Crippen LogP contribution in [-0.2, 0) is 16.0 Å². The molecule has 1 atom stereocenters. The first-order valence-electron chi connectivity index (χ1n) is 6.84. The number of hydrogen-bond acceptors (Lipinski definition) is 4. The summed E-state index contributed by atoms with van der Waals surface area (Å²) >= 11 is 0. The molecule has 0 saturated carbocycles. The molecule has 4 nitrogen and oxygen atoms in total. The van der Waals surface area contributed by atoms with Crippen molar-refractivity contribution in [2.45, 2.75) is 18.6 Å². The minimum absolute atomic E-state index is 0. The molecule has 0 spiro atoms. The number of pyridine rings is 1. The molecule has 0 bridgehead atoms. The van der Waals surface area contributed by atoms with Gasteiger partial charge < -0.3 is 10.5 Å². The van der Waals surface area contributed by atoms with Crippen LogP contribution in [0.4, 0.5) is 13.2 Å². The Kier molecular flexibility index (Phi) is 9.48. The van der Waals surface area contributed by atoms with Crippen molar-refractivity contribution in [1.82, 2.24) is 4.98 Å². The highest BCUT2D eigenvalue weighted by Crippen LogP contribution is 2.18. The largest absolute Gasteiger partial charge is 0.455 e. The number of halogens is 5. The molecule has 0 aliphatic rings. The van der Waals surface area contributed by atoms with E-state index in [-0.39, 0.29) is 31.2 Å². The molecule has 0 radical (unpaired) electrons. The van der Waals surface area contributed by atoms with Crippen molar-refractivity contribution in [2.24, 2.45) is 5.73 Å². The van der Waals surface area contributed by atoms with Gasteiger partial charge in [-0.05, 0) is 24.1 Å². The summed E-state index contributed by atoms with van der Waals surface area (Å²) in [4.78, 5) is 15.7. The van der Waals surface area contributed by atoms with Crippen LogP contribution in [0.3, 0.4) is 0 Å². The van der Waals surface area contributed by atoms with Gasteiger partial charge in [0.25, 0.3) is 0 Å². The topological polar surface area (TPSA) is 65.2 Å². The third kappa shape index (κ3) is 7.72. The van der Waals surface area contributed by atoms with Crippen LogP contribution >= 0.6 is 24.8 Å². The van der Waals surface area contributed by atoms with Crippen LogP contribution < -0.4 is 5.73 Å². The molecule has 0 saturated heterocycles. The monoisotopic (exact) mass is 396 g/mol. The van der Waals surface area contributed by atoms with E-state index in [1.54, 1.807) is 18.3 Å². The molecule has 138 valence electrons. The number of alkyl halides is 3. The van der Waals surface area contributed by atoms with E-state index in [0.29, 0.717) is 11.3 Å². The number of carbonyl (C=O) groups excluding carboxylic acids is 1. The smallest absolute Gasteiger partial charge is 0.422 e. The summed E-state index contributed by atoms with van der Waals surface area (Å²) in [6.45, 7) is -1.63. The van der Waals surface area contributed by atoms with E-state index in [2.05, 4.69) is 9.72 Å². The van der Waals surface area contributed by atoms with E-state index in [9.17, 15) is 18.0 Å².